The van der Waals surface area contributed by atoms with Crippen molar-refractivity contribution in [1.82, 2.24) is 4.90 Å². The molecular weight excluding hydrogens is 452 g/mol. The summed E-state index contributed by atoms with van der Waals surface area (Å²) in [4.78, 5) is 26.2. The summed E-state index contributed by atoms with van der Waals surface area (Å²) in [6.45, 7) is -0.836. The molecule has 2 amide bonds. The monoisotopic (exact) mass is 469 g/mol. The Morgan fingerprint density at radius 2 is 1.84 bits per heavy atom. The van der Waals surface area contributed by atoms with Gasteiger partial charge in [0.05, 0.1) is 18.1 Å². The summed E-state index contributed by atoms with van der Waals surface area (Å²) in [5.41, 5.74) is 0.507. The number of imide groups is 1. The number of hydrogen-bond donors (Lipinski definition) is 0. The maximum absolute atomic E-state index is 12.6. The number of carbonyl (C=O) groups excluding carboxylic acids is 2. The number of nitrogens with zero attached hydrogens (tertiary/aromatic N) is 1. The van der Waals surface area contributed by atoms with E-state index in [4.69, 9.17) is 21.1 Å². The molecule has 0 aliphatic carbocycles. The van der Waals surface area contributed by atoms with Gasteiger partial charge in [-0.3, -0.25) is 14.5 Å². The van der Waals surface area contributed by atoms with Crippen molar-refractivity contribution in [2.24, 2.45) is 0 Å². The van der Waals surface area contributed by atoms with E-state index in [-0.39, 0.29) is 36.2 Å². The van der Waals surface area contributed by atoms with Gasteiger partial charge in [-0.2, -0.15) is 8.78 Å². The largest absolute Gasteiger partial charge is 0.492 e. The average molecular weight is 470 g/mol. The molecule has 0 atom stereocenters. The molecule has 6 nitrogen and oxygen atoms in total. The highest BCUT2D eigenvalue weighted by Crippen LogP contribution is 2.35. The zero-order valence-corrected chi connectivity index (χ0v) is 17.9. The molecule has 1 aliphatic heterocycles. The van der Waals surface area contributed by atoms with E-state index in [0.29, 0.717) is 16.3 Å². The van der Waals surface area contributed by atoms with E-state index >= 15 is 0 Å². The molecular formula is C21H18ClF2NO5S. The molecule has 164 valence electrons. The van der Waals surface area contributed by atoms with E-state index in [1.54, 1.807) is 31.2 Å². The third kappa shape index (κ3) is 6.11. The minimum atomic E-state index is -2.99. The lowest BCUT2D eigenvalue weighted by Crippen LogP contribution is -2.32. The Hall–Kier alpha value is -2.78. The number of ether oxygens (including phenoxy) is 3. The highest BCUT2D eigenvalue weighted by Gasteiger charge is 2.34. The maximum atomic E-state index is 12.6. The summed E-state index contributed by atoms with van der Waals surface area (Å²) in [6.07, 6.45) is 1.50. The Bertz CT molecular complexity index is 984. The van der Waals surface area contributed by atoms with E-state index in [0.717, 1.165) is 16.7 Å². The zero-order valence-electron chi connectivity index (χ0n) is 16.3. The minimum Gasteiger partial charge on any atom is -0.492 e. The Morgan fingerprint density at radius 1 is 1.10 bits per heavy atom. The summed E-state index contributed by atoms with van der Waals surface area (Å²) in [7, 11) is 0. The number of hydrogen-bond acceptors (Lipinski definition) is 6. The molecule has 0 N–H and O–H groups in total. The van der Waals surface area contributed by atoms with Crippen LogP contribution in [-0.4, -0.2) is 42.4 Å². The highest BCUT2D eigenvalue weighted by atomic mass is 35.5. The lowest BCUT2D eigenvalue weighted by molar-refractivity contribution is -0.123. The highest BCUT2D eigenvalue weighted by molar-refractivity contribution is 8.18. The Labute approximate surface area is 186 Å². The first-order valence-electron chi connectivity index (χ1n) is 9.22. The normalized spacial score (nSPS) is 15.1. The standard InChI is InChI=1S/C21H18ClF2NO5S/c1-2-28-17-11-13(3-8-16(17)30-20(23)24)12-18-19(26)25(21(27)31-18)9-10-29-15-6-4-14(22)5-7-15/h3-8,11-12,20H,2,9-10H2,1H3/b18-12-. The van der Waals surface area contributed by atoms with Gasteiger partial charge in [-0.25, -0.2) is 0 Å². The van der Waals surface area contributed by atoms with Gasteiger partial charge in [0.25, 0.3) is 11.1 Å². The van der Waals surface area contributed by atoms with Gasteiger partial charge in [-0.05, 0) is 66.7 Å². The molecule has 2 aromatic carbocycles. The number of thioether (sulfide) groups is 1. The van der Waals surface area contributed by atoms with Crippen LogP contribution in [0.3, 0.4) is 0 Å². The van der Waals surface area contributed by atoms with Gasteiger partial charge in [0.1, 0.15) is 12.4 Å². The van der Waals surface area contributed by atoms with Crippen LogP contribution >= 0.6 is 23.4 Å². The fourth-order valence-electron chi connectivity index (χ4n) is 2.71. The third-order valence-electron chi connectivity index (χ3n) is 4.05. The molecule has 0 saturated carbocycles. The molecule has 1 fully saturated rings. The van der Waals surface area contributed by atoms with Crippen LogP contribution in [0.15, 0.2) is 47.4 Å². The first-order chi connectivity index (χ1) is 14.9. The lowest BCUT2D eigenvalue weighted by atomic mass is 10.2. The smallest absolute Gasteiger partial charge is 0.387 e. The van der Waals surface area contributed by atoms with Crippen molar-refractivity contribution in [3.05, 3.63) is 58.0 Å². The van der Waals surface area contributed by atoms with Crippen molar-refractivity contribution >= 4 is 40.6 Å². The van der Waals surface area contributed by atoms with E-state index < -0.39 is 17.8 Å². The summed E-state index contributed by atoms with van der Waals surface area (Å²) >= 11 is 6.61. The van der Waals surface area contributed by atoms with Crippen molar-refractivity contribution in [3.8, 4) is 17.2 Å². The van der Waals surface area contributed by atoms with Crippen LogP contribution in [0.25, 0.3) is 6.08 Å². The first kappa shape index (κ1) is 22.9. The van der Waals surface area contributed by atoms with Gasteiger partial charge in [-0.1, -0.05) is 17.7 Å². The maximum Gasteiger partial charge on any atom is 0.387 e. The third-order valence-corrected chi connectivity index (χ3v) is 5.21. The summed E-state index contributed by atoms with van der Waals surface area (Å²) in [6, 6.07) is 11.0. The van der Waals surface area contributed by atoms with Crippen LogP contribution in [0.5, 0.6) is 17.2 Å². The van der Waals surface area contributed by atoms with Crippen LogP contribution in [0.1, 0.15) is 12.5 Å². The average Bonchev–Trinajstić information content (AvgIpc) is 2.98. The first-order valence-corrected chi connectivity index (χ1v) is 10.4. The predicted molar refractivity (Wildman–Crippen MR) is 114 cm³/mol. The van der Waals surface area contributed by atoms with Crippen LogP contribution in [-0.2, 0) is 4.79 Å². The Kier molecular flexibility index (Phi) is 7.75. The van der Waals surface area contributed by atoms with E-state index in [1.165, 1.54) is 24.3 Å². The Morgan fingerprint density at radius 3 is 2.52 bits per heavy atom. The van der Waals surface area contributed by atoms with Gasteiger partial charge < -0.3 is 14.2 Å². The van der Waals surface area contributed by atoms with Crippen LogP contribution in [0.4, 0.5) is 13.6 Å². The van der Waals surface area contributed by atoms with E-state index in [2.05, 4.69) is 4.74 Å². The van der Waals surface area contributed by atoms with Crippen molar-refractivity contribution in [2.45, 2.75) is 13.5 Å². The van der Waals surface area contributed by atoms with Gasteiger partial charge in [0, 0.05) is 5.02 Å². The molecule has 0 bridgehead atoms. The predicted octanol–water partition coefficient (Wildman–Crippen LogP) is 5.46. The number of carbonyl (C=O) groups is 2. The van der Waals surface area contributed by atoms with E-state index in [1.807, 2.05) is 0 Å². The quantitative estimate of drug-likeness (QED) is 0.455. The second kappa shape index (κ2) is 10.5. The molecule has 1 aliphatic rings. The molecule has 31 heavy (non-hydrogen) atoms. The number of alkyl halides is 2. The summed E-state index contributed by atoms with van der Waals surface area (Å²) in [5, 5.41) is 0.156. The van der Waals surface area contributed by atoms with Gasteiger partial charge in [0.15, 0.2) is 11.5 Å². The number of halogens is 3. The minimum absolute atomic E-state index is 0.0794. The molecule has 10 heteroatoms. The summed E-state index contributed by atoms with van der Waals surface area (Å²) in [5.74, 6) is 0.121. The molecule has 2 aromatic rings. The number of amides is 2. The van der Waals surface area contributed by atoms with Crippen molar-refractivity contribution in [2.75, 3.05) is 19.8 Å². The van der Waals surface area contributed by atoms with Gasteiger partial charge in [-0.15, -0.1) is 0 Å². The van der Waals surface area contributed by atoms with Crippen molar-refractivity contribution in [3.63, 3.8) is 0 Å². The lowest BCUT2D eigenvalue weighted by Gasteiger charge is -2.13. The van der Waals surface area contributed by atoms with Crippen molar-refractivity contribution in [1.29, 1.82) is 0 Å². The zero-order chi connectivity index (χ0) is 22.4. The van der Waals surface area contributed by atoms with Crippen LogP contribution < -0.4 is 14.2 Å². The molecule has 3 rings (SSSR count). The van der Waals surface area contributed by atoms with Gasteiger partial charge in [0.2, 0.25) is 0 Å². The van der Waals surface area contributed by atoms with Crippen LogP contribution in [0, 0.1) is 0 Å². The topological polar surface area (TPSA) is 65.1 Å². The fraction of sp³-hybridized carbons (Fsp3) is 0.238. The fourth-order valence-corrected chi connectivity index (χ4v) is 3.70. The molecule has 0 spiro atoms. The molecule has 0 unspecified atom stereocenters. The van der Waals surface area contributed by atoms with Crippen molar-refractivity contribution < 1.29 is 32.6 Å². The molecule has 0 radical (unpaired) electrons. The second-order valence-corrected chi connectivity index (χ2v) is 7.58. The van der Waals surface area contributed by atoms with Gasteiger partial charge >= 0.3 is 6.61 Å². The SMILES string of the molecule is CCOc1cc(/C=C2\SC(=O)N(CCOc3ccc(Cl)cc3)C2=O)ccc1OC(F)F. The Balaban J connectivity index is 1.67. The number of benzene rings is 2. The van der Waals surface area contributed by atoms with E-state index in [9.17, 15) is 18.4 Å². The molecule has 1 saturated heterocycles. The molecule has 0 aromatic heterocycles. The summed E-state index contributed by atoms with van der Waals surface area (Å²) < 4.78 is 40.4. The second-order valence-electron chi connectivity index (χ2n) is 6.15. The van der Waals surface area contributed by atoms with Crippen LogP contribution in [0.2, 0.25) is 5.02 Å². The number of rotatable bonds is 9. The molecule has 1 heterocycles.